The zero-order chi connectivity index (χ0) is 75.1. The Kier molecular flexibility index (Phi) is 40.8. The zero-order valence-corrected chi connectivity index (χ0v) is 63.3. The number of aromatic nitrogens is 1. The van der Waals surface area contributed by atoms with Gasteiger partial charge in [0.15, 0.2) is 35.5 Å². The third-order valence-corrected chi connectivity index (χ3v) is 18.8. The van der Waals surface area contributed by atoms with Crippen LogP contribution in [0.3, 0.4) is 0 Å². The molecule has 2 aromatic heterocycles. The first-order valence-electron chi connectivity index (χ1n) is 35.3. The topological polar surface area (TPSA) is 367 Å². The predicted molar refractivity (Wildman–Crippen MR) is 379 cm³/mol. The van der Waals surface area contributed by atoms with Gasteiger partial charge in [0.2, 0.25) is 23.6 Å². The van der Waals surface area contributed by atoms with Crippen LogP contribution in [0.15, 0.2) is 37.0 Å². The molecule has 3 heterocycles. The monoisotopic (exact) mass is 1460 g/mol. The number of carbonyl (C=O) groups excluding carboxylic acids is 12. The van der Waals surface area contributed by atoms with Crippen LogP contribution in [-0.4, -0.2) is 245 Å². The van der Waals surface area contributed by atoms with Crippen molar-refractivity contribution in [3.05, 3.63) is 46.0 Å². The molecule has 0 bridgehead atoms. The van der Waals surface area contributed by atoms with Crippen molar-refractivity contribution in [2.75, 3.05) is 128 Å². The van der Waals surface area contributed by atoms with Gasteiger partial charge in [0, 0.05) is 95.0 Å². The molecule has 101 heavy (non-hydrogen) atoms. The Labute approximate surface area is 603 Å². The number of unbranched alkanes of at least 4 members (excludes halogenated alkanes) is 6. The molecule has 1 fully saturated rings. The molecule has 29 nitrogen and oxygen atoms in total. The van der Waals surface area contributed by atoms with Gasteiger partial charge < -0.3 is 67.9 Å². The average molecular weight is 1460 g/mol. The second kappa shape index (κ2) is 46.7. The van der Waals surface area contributed by atoms with E-state index in [4.69, 9.17) is 33.6 Å². The maximum absolute atomic E-state index is 14.1. The lowest BCUT2D eigenvalue weighted by atomic mass is 9.90. The second-order valence-corrected chi connectivity index (χ2v) is 31.3. The van der Waals surface area contributed by atoms with Crippen LogP contribution in [0.1, 0.15) is 183 Å². The third-order valence-electron chi connectivity index (χ3n) is 16.4. The Morgan fingerprint density at radius 1 is 0.634 bits per heavy atom. The van der Waals surface area contributed by atoms with Crippen molar-refractivity contribution in [2.45, 2.75) is 198 Å². The molecule has 0 aromatic carbocycles. The molecule has 568 valence electrons. The highest BCUT2D eigenvalue weighted by molar-refractivity contribution is 8.76. The number of imide groups is 1. The van der Waals surface area contributed by atoms with Crippen LogP contribution in [0.5, 0.6) is 0 Å². The fourth-order valence-electron chi connectivity index (χ4n) is 10.8. The number of nitrogens with two attached hydrogens (primary N) is 1. The maximum Gasteiger partial charge on any atom is 0.519 e. The van der Waals surface area contributed by atoms with Gasteiger partial charge in [-0.3, -0.25) is 47.9 Å². The van der Waals surface area contributed by atoms with Crippen molar-refractivity contribution < 1.29 is 98.9 Å². The molecule has 1 saturated heterocycles. The van der Waals surface area contributed by atoms with E-state index >= 15 is 0 Å². The number of carbonyl (C=O) groups is 12. The first-order chi connectivity index (χ1) is 47.6. The van der Waals surface area contributed by atoms with Gasteiger partial charge in [0.25, 0.3) is 11.8 Å². The van der Waals surface area contributed by atoms with Crippen molar-refractivity contribution in [3.8, 4) is 0 Å². The quantitative estimate of drug-likeness (QED) is 0.0190. The number of aryl methyl sites for hydroxylation is 1. The first-order valence-corrected chi connectivity index (χ1v) is 37.6. The molecular formula is C70H115N10O19S2+3. The minimum atomic E-state index is -1.31. The van der Waals surface area contributed by atoms with E-state index in [0.717, 1.165) is 89.3 Å². The SMILES string of the molecule is CC(=O)N[C@@H](CC(=O)ON1C(=O)CCC1=O)C(=O)CCCN(CCCCCCSSc1ccc(C(=O)CCCC(=O)CCCOCCOCC(=O)N[C@@H](CCCC[N+](C)(C)C)C(=O)C[C@@H](CCCC[N+](C)(C)C)C(=O)N[C@@H](CCCC[N+](C)(C)C)C(N)=O)cn1)C(=O)OCc1oc(=O)oc1C. The molecule has 0 radical (unpaired) electrons. The minimum absolute atomic E-state index is 0.00961. The van der Waals surface area contributed by atoms with Gasteiger partial charge in [-0.15, -0.1) is 5.06 Å². The number of nitrogens with zero attached hydrogens (tertiary/aromatic N) is 6. The highest BCUT2D eigenvalue weighted by Crippen LogP contribution is 2.31. The van der Waals surface area contributed by atoms with Crippen LogP contribution in [-0.2, 0) is 73.6 Å². The maximum atomic E-state index is 14.1. The van der Waals surface area contributed by atoms with Gasteiger partial charge in [0.1, 0.15) is 23.5 Å². The van der Waals surface area contributed by atoms with Gasteiger partial charge in [-0.05, 0) is 120 Å². The minimum Gasteiger partial charge on any atom is -0.441 e. The van der Waals surface area contributed by atoms with E-state index in [-0.39, 0.29) is 126 Å². The summed E-state index contributed by atoms with van der Waals surface area (Å²) in [7, 11) is 21.9. The van der Waals surface area contributed by atoms with E-state index < -0.39 is 83.7 Å². The number of amides is 7. The van der Waals surface area contributed by atoms with Crippen molar-refractivity contribution in [2.24, 2.45) is 11.7 Å². The number of pyridine rings is 1. The molecule has 7 amide bonds. The Morgan fingerprint density at radius 3 is 1.83 bits per heavy atom. The van der Waals surface area contributed by atoms with Crippen LogP contribution < -0.4 is 27.5 Å². The van der Waals surface area contributed by atoms with Crippen molar-refractivity contribution in [1.29, 1.82) is 0 Å². The molecule has 1 aliphatic heterocycles. The number of nitrogens with one attached hydrogen (secondary N) is 3. The van der Waals surface area contributed by atoms with Gasteiger partial charge >= 0.3 is 17.9 Å². The Balaban J connectivity index is 1.36. The normalized spacial score (nSPS) is 13.8. The number of ketones is 4. The van der Waals surface area contributed by atoms with Gasteiger partial charge in [-0.1, -0.05) is 23.6 Å². The van der Waals surface area contributed by atoms with Gasteiger partial charge in [0.05, 0.1) is 115 Å². The molecule has 2 aromatic rings. The molecule has 3 rings (SSSR count). The lowest BCUT2D eigenvalue weighted by molar-refractivity contribution is -0.870. The van der Waals surface area contributed by atoms with Gasteiger partial charge in [-0.2, -0.15) is 0 Å². The number of quaternary nitrogens is 3. The molecule has 1 aliphatic rings. The van der Waals surface area contributed by atoms with Crippen molar-refractivity contribution in [3.63, 3.8) is 0 Å². The number of rotatable bonds is 56. The summed E-state index contributed by atoms with van der Waals surface area (Å²) in [4.78, 5) is 177. The average Bonchev–Trinajstić information content (AvgIpc) is 1.80. The van der Waals surface area contributed by atoms with E-state index in [0.29, 0.717) is 75.0 Å². The molecule has 31 heteroatoms. The van der Waals surface area contributed by atoms with Crippen LogP contribution in [0.25, 0.3) is 0 Å². The first kappa shape index (κ1) is 88.3. The van der Waals surface area contributed by atoms with Crippen molar-refractivity contribution >= 4 is 92.2 Å². The lowest BCUT2D eigenvalue weighted by Crippen LogP contribution is -2.48. The van der Waals surface area contributed by atoms with E-state index in [1.165, 1.54) is 28.8 Å². The summed E-state index contributed by atoms with van der Waals surface area (Å²) in [6.07, 6.45) is 10.2. The van der Waals surface area contributed by atoms with Crippen LogP contribution >= 0.6 is 21.6 Å². The van der Waals surface area contributed by atoms with E-state index in [9.17, 15) is 62.3 Å². The zero-order valence-electron chi connectivity index (χ0n) is 61.6. The number of primary amides is 1. The second-order valence-electron chi connectivity index (χ2n) is 28.8. The molecule has 4 atom stereocenters. The Bertz CT molecular complexity index is 3030. The highest BCUT2D eigenvalue weighted by Gasteiger charge is 2.35. The number of ether oxygens (including phenoxy) is 3. The molecular weight excluding hydrogens is 1350 g/mol. The summed E-state index contributed by atoms with van der Waals surface area (Å²) in [5, 5.41) is 9.24. The largest absolute Gasteiger partial charge is 0.519 e. The third kappa shape index (κ3) is 39.9. The number of hydrogen-bond donors (Lipinski definition) is 4. The number of hydrogen-bond acceptors (Lipinski definition) is 22. The predicted octanol–water partition coefficient (Wildman–Crippen LogP) is 6.12. The molecule has 0 aliphatic carbocycles. The molecule has 5 N–H and O–H groups in total. The summed E-state index contributed by atoms with van der Waals surface area (Å²) >= 11 is 0. The Hall–Kier alpha value is -6.90. The summed E-state index contributed by atoms with van der Waals surface area (Å²) in [6.45, 7) is 5.51. The standard InChI is InChI=1S/C70H112N10O19S2/c1-50-61(98-70(93)97-50)48-96-69(92)76(37-23-31-59(84)57(73-51(2)81)46-66(89)99-77-64(87)34-35-65(77)88)36-17-12-13-21-44-100-101-63-33-32-53(47-72-63)58(83)30-22-26-54(82)27-24-41-94-42-43-95-49-62(86)74-55(28-15-19-39-79(6,7)8)60(85)45-52(25-14-18-38-78(3,4)5)68(91)75-56(67(71)90)29-16-20-40-80(9,10)11/h32-33,47,52,55-57H,12-31,34-46,48-49H2,1-11H3,(H2-3,71,73,74,75,81,86,90,91)/p+3/t52-,55+,56+,57+/m1/s1. The number of hydroxylamine groups is 2. The van der Waals surface area contributed by atoms with Crippen LogP contribution in [0.4, 0.5) is 4.79 Å². The summed E-state index contributed by atoms with van der Waals surface area (Å²) in [6, 6.07) is 0.489. The summed E-state index contributed by atoms with van der Waals surface area (Å²) < 4.78 is 28.8. The van der Waals surface area contributed by atoms with Crippen LogP contribution in [0.2, 0.25) is 0 Å². The van der Waals surface area contributed by atoms with Crippen molar-refractivity contribution in [1.82, 2.24) is 30.9 Å². The summed E-state index contributed by atoms with van der Waals surface area (Å²) in [5.41, 5.74) is 6.22. The summed E-state index contributed by atoms with van der Waals surface area (Å²) in [5.74, 6) is -6.11. The smallest absolute Gasteiger partial charge is 0.441 e. The van der Waals surface area contributed by atoms with Gasteiger partial charge in [-0.25, -0.2) is 19.4 Å². The fraction of sp³-hybridized carbons (Fsp3) is 0.714. The van der Waals surface area contributed by atoms with E-state index in [1.54, 1.807) is 22.9 Å². The van der Waals surface area contributed by atoms with E-state index in [2.05, 4.69) is 84.4 Å². The van der Waals surface area contributed by atoms with E-state index in [1.807, 2.05) is 0 Å². The van der Waals surface area contributed by atoms with Crippen LogP contribution in [0, 0.1) is 12.8 Å². The molecule has 0 unspecified atom stereocenters. The fourth-order valence-corrected chi connectivity index (χ4v) is 12.8. The highest BCUT2D eigenvalue weighted by atomic mass is 33.1. The molecule has 0 spiro atoms. The molecule has 0 saturated carbocycles. The Morgan fingerprint density at radius 2 is 1.24 bits per heavy atom. The lowest BCUT2D eigenvalue weighted by Gasteiger charge is -2.26. The number of Topliss-reactive ketones (excluding diaryl/α,β-unsaturated/α-hetero) is 4.